The molecule has 0 aliphatic carbocycles. The van der Waals surface area contributed by atoms with Gasteiger partial charge in [-0.3, -0.25) is 0 Å². The monoisotopic (exact) mass is 192 g/mol. The number of nitrogens with zero attached hydrogens (tertiary/aromatic N) is 1. The molecule has 1 heterocycles. The molecular weight excluding hydrogens is 179 g/mol. The van der Waals surface area contributed by atoms with Crippen LogP contribution >= 0.6 is 0 Å². The molecule has 1 atom stereocenters. The minimum Gasteiger partial charge on any atom is -0.346 e. The van der Waals surface area contributed by atoms with Gasteiger partial charge >= 0.3 is 0 Å². The Labute approximate surface area is 82.1 Å². The maximum absolute atomic E-state index is 12.9. The minimum absolute atomic E-state index is 0.0320. The van der Waals surface area contributed by atoms with Crippen molar-refractivity contribution in [2.24, 2.45) is 12.8 Å². The van der Waals surface area contributed by atoms with Gasteiger partial charge in [0.25, 0.3) is 0 Å². The Morgan fingerprint density at radius 1 is 1.36 bits per heavy atom. The van der Waals surface area contributed by atoms with Crippen molar-refractivity contribution in [3.63, 3.8) is 0 Å². The summed E-state index contributed by atoms with van der Waals surface area (Å²) >= 11 is 0. The van der Waals surface area contributed by atoms with Crippen LogP contribution in [0.1, 0.15) is 18.7 Å². The number of rotatable bonds is 1. The molecule has 0 unspecified atom stereocenters. The summed E-state index contributed by atoms with van der Waals surface area (Å²) in [5, 5.41) is 0.903. The maximum atomic E-state index is 12.9. The highest BCUT2D eigenvalue weighted by Crippen LogP contribution is 2.22. The lowest BCUT2D eigenvalue weighted by molar-refractivity contribution is 0.629. The zero-order valence-electron chi connectivity index (χ0n) is 8.29. The van der Waals surface area contributed by atoms with E-state index in [1.807, 2.05) is 24.6 Å². The number of halogens is 1. The second-order valence-electron chi connectivity index (χ2n) is 3.62. The van der Waals surface area contributed by atoms with E-state index >= 15 is 0 Å². The van der Waals surface area contributed by atoms with Gasteiger partial charge in [-0.15, -0.1) is 0 Å². The highest BCUT2D eigenvalue weighted by Gasteiger charge is 2.08. The molecule has 0 aliphatic rings. The molecule has 1 aromatic carbocycles. The van der Waals surface area contributed by atoms with Crippen molar-refractivity contribution in [2.45, 2.75) is 13.0 Å². The van der Waals surface area contributed by atoms with Gasteiger partial charge in [0, 0.05) is 29.7 Å². The Bertz CT molecular complexity index is 471. The Morgan fingerprint density at radius 2 is 2.07 bits per heavy atom. The highest BCUT2D eigenvalue weighted by molar-refractivity contribution is 5.81. The average Bonchev–Trinajstić information content (AvgIpc) is 2.43. The molecule has 14 heavy (non-hydrogen) atoms. The van der Waals surface area contributed by atoms with E-state index in [0.717, 1.165) is 16.6 Å². The summed E-state index contributed by atoms with van der Waals surface area (Å²) in [5.74, 6) is -0.209. The SMILES string of the molecule is C[C@@H](N)c1cc2cc(F)ccc2n1C. The topological polar surface area (TPSA) is 30.9 Å². The summed E-state index contributed by atoms with van der Waals surface area (Å²) in [6.45, 7) is 1.92. The molecule has 1 aromatic heterocycles. The summed E-state index contributed by atoms with van der Waals surface area (Å²) < 4.78 is 14.9. The Kier molecular flexibility index (Phi) is 2.04. The van der Waals surface area contributed by atoms with Gasteiger partial charge in [0.15, 0.2) is 0 Å². The summed E-state index contributed by atoms with van der Waals surface area (Å²) in [5.41, 5.74) is 7.83. The molecule has 0 spiro atoms. The standard InChI is InChI=1S/C11H13FN2/c1-7(13)11-6-8-5-9(12)3-4-10(8)14(11)2/h3-7H,13H2,1-2H3/t7-/m1/s1. The Hall–Kier alpha value is -1.35. The Balaban J connectivity index is 2.73. The van der Waals surface area contributed by atoms with Crippen LogP contribution in [-0.4, -0.2) is 4.57 Å². The summed E-state index contributed by atoms with van der Waals surface area (Å²) in [6, 6.07) is 6.67. The molecular formula is C11H13FN2. The van der Waals surface area contributed by atoms with Gasteiger partial charge in [-0.2, -0.15) is 0 Å². The van der Waals surface area contributed by atoms with Crippen LogP contribution in [-0.2, 0) is 7.05 Å². The van der Waals surface area contributed by atoms with Gasteiger partial charge < -0.3 is 10.3 Å². The van der Waals surface area contributed by atoms with E-state index in [4.69, 9.17) is 5.73 Å². The third-order valence-corrected chi connectivity index (χ3v) is 2.51. The lowest BCUT2D eigenvalue weighted by Crippen LogP contribution is -2.09. The smallest absolute Gasteiger partial charge is 0.123 e. The number of aryl methyl sites for hydroxylation is 1. The van der Waals surface area contributed by atoms with E-state index in [0.29, 0.717) is 0 Å². The number of fused-ring (bicyclic) bond motifs is 1. The molecule has 0 aliphatic heterocycles. The molecule has 3 heteroatoms. The summed E-state index contributed by atoms with van der Waals surface area (Å²) in [6.07, 6.45) is 0. The fourth-order valence-corrected chi connectivity index (χ4v) is 1.78. The summed E-state index contributed by atoms with van der Waals surface area (Å²) in [7, 11) is 1.94. The molecule has 74 valence electrons. The first kappa shape index (κ1) is 9.21. The average molecular weight is 192 g/mol. The number of benzene rings is 1. The van der Waals surface area contributed by atoms with Gasteiger partial charge in [0.05, 0.1) is 0 Å². The summed E-state index contributed by atoms with van der Waals surface area (Å²) in [4.78, 5) is 0. The lowest BCUT2D eigenvalue weighted by Gasteiger charge is -2.06. The van der Waals surface area contributed by atoms with E-state index in [-0.39, 0.29) is 11.9 Å². The quantitative estimate of drug-likeness (QED) is 0.738. The molecule has 2 aromatic rings. The molecule has 0 saturated carbocycles. The van der Waals surface area contributed by atoms with Crippen LogP contribution in [0.15, 0.2) is 24.3 Å². The first-order chi connectivity index (χ1) is 6.59. The van der Waals surface area contributed by atoms with Gasteiger partial charge in [-0.25, -0.2) is 4.39 Å². The third kappa shape index (κ3) is 1.30. The number of hydrogen-bond donors (Lipinski definition) is 1. The Morgan fingerprint density at radius 3 is 2.71 bits per heavy atom. The first-order valence-electron chi connectivity index (χ1n) is 4.60. The van der Waals surface area contributed by atoms with E-state index < -0.39 is 0 Å². The molecule has 0 saturated heterocycles. The van der Waals surface area contributed by atoms with E-state index in [2.05, 4.69) is 0 Å². The molecule has 0 amide bonds. The predicted molar refractivity (Wildman–Crippen MR) is 55.5 cm³/mol. The van der Waals surface area contributed by atoms with Crippen molar-refractivity contribution >= 4 is 10.9 Å². The lowest BCUT2D eigenvalue weighted by atomic mass is 10.2. The fourth-order valence-electron chi connectivity index (χ4n) is 1.78. The largest absolute Gasteiger partial charge is 0.346 e. The van der Waals surface area contributed by atoms with Gasteiger partial charge in [-0.05, 0) is 31.2 Å². The second kappa shape index (κ2) is 3.10. The van der Waals surface area contributed by atoms with Crippen molar-refractivity contribution in [2.75, 3.05) is 0 Å². The van der Waals surface area contributed by atoms with Crippen LogP contribution in [0.25, 0.3) is 10.9 Å². The molecule has 0 bridgehead atoms. The van der Waals surface area contributed by atoms with Crippen molar-refractivity contribution in [1.82, 2.24) is 4.57 Å². The van der Waals surface area contributed by atoms with Crippen molar-refractivity contribution < 1.29 is 4.39 Å². The normalized spacial score (nSPS) is 13.4. The zero-order chi connectivity index (χ0) is 10.3. The molecule has 2 N–H and O–H groups in total. The number of nitrogens with two attached hydrogens (primary N) is 1. The molecule has 0 fully saturated rings. The van der Waals surface area contributed by atoms with Crippen LogP contribution in [0.5, 0.6) is 0 Å². The molecule has 2 rings (SSSR count). The van der Waals surface area contributed by atoms with Gasteiger partial charge in [-0.1, -0.05) is 0 Å². The van der Waals surface area contributed by atoms with Crippen LogP contribution in [0, 0.1) is 5.82 Å². The van der Waals surface area contributed by atoms with Gasteiger partial charge in [0.1, 0.15) is 5.82 Å². The first-order valence-corrected chi connectivity index (χ1v) is 4.60. The van der Waals surface area contributed by atoms with Crippen LogP contribution in [0.3, 0.4) is 0 Å². The van der Waals surface area contributed by atoms with Crippen molar-refractivity contribution in [3.05, 3.63) is 35.8 Å². The highest BCUT2D eigenvalue weighted by atomic mass is 19.1. The third-order valence-electron chi connectivity index (χ3n) is 2.51. The van der Waals surface area contributed by atoms with Crippen LogP contribution in [0.4, 0.5) is 4.39 Å². The predicted octanol–water partition coefficient (Wildman–Crippen LogP) is 2.34. The molecule has 2 nitrogen and oxygen atoms in total. The van der Waals surface area contributed by atoms with Crippen LogP contribution < -0.4 is 5.73 Å². The number of aromatic nitrogens is 1. The van der Waals surface area contributed by atoms with Gasteiger partial charge in [0.2, 0.25) is 0 Å². The second-order valence-corrected chi connectivity index (χ2v) is 3.62. The van der Waals surface area contributed by atoms with Crippen LogP contribution in [0.2, 0.25) is 0 Å². The van der Waals surface area contributed by atoms with E-state index in [1.54, 1.807) is 6.07 Å². The van der Waals surface area contributed by atoms with Crippen molar-refractivity contribution in [1.29, 1.82) is 0 Å². The molecule has 0 radical (unpaired) electrons. The number of hydrogen-bond acceptors (Lipinski definition) is 1. The van der Waals surface area contributed by atoms with Crippen molar-refractivity contribution in [3.8, 4) is 0 Å². The fraction of sp³-hybridized carbons (Fsp3) is 0.273. The minimum atomic E-state index is -0.209. The van der Waals surface area contributed by atoms with E-state index in [9.17, 15) is 4.39 Å². The maximum Gasteiger partial charge on any atom is 0.123 e. The zero-order valence-corrected chi connectivity index (χ0v) is 8.29. The van der Waals surface area contributed by atoms with E-state index in [1.165, 1.54) is 12.1 Å².